The van der Waals surface area contributed by atoms with Crippen LogP contribution in [-0.4, -0.2) is 13.6 Å². The van der Waals surface area contributed by atoms with Crippen LogP contribution in [0.3, 0.4) is 0 Å². The van der Waals surface area contributed by atoms with Crippen molar-refractivity contribution in [2.45, 2.75) is 13.2 Å². The third-order valence-corrected chi connectivity index (χ3v) is 1.34. The van der Waals surface area contributed by atoms with Crippen molar-refractivity contribution in [1.82, 2.24) is 0 Å². The molecule has 0 aromatic carbocycles. The summed E-state index contributed by atoms with van der Waals surface area (Å²) in [7, 11) is 5.23. The first-order valence-electron chi connectivity index (χ1n) is 2.12. The lowest BCUT2D eigenvalue weighted by atomic mass is 9.94. The van der Waals surface area contributed by atoms with Crippen LogP contribution in [0.2, 0.25) is 6.32 Å². The molecule has 6 heavy (non-hydrogen) atoms. The van der Waals surface area contributed by atoms with Crippen molar-refractivity contribution < 1.29 is 0 Å². The van der Waals surface area contributed by atoms with E-state index in [0.717, 1.165) is 12.1 Å². The molecule has 0 fully saturated rings. The minimum Gasteiger partial charge on any atom is -0.179 e. The smallest absolute Gasteiger partial charge is 0.0656 e. The summed E-state index contributed by atoms with van der Waals surface area (Å²) in [6.45, 7) is 2.08. The van der Waals surface area contributed by atoms with E-state index in [1.54, 1.807) is 0 Å². The molecule has 0 spiro atoms. The van der Waals surface area contributed by atoms with Crippen molar-refractivity contribution in [3.8, 4) is 0 Å². The molecule has 0 N–H and O–H groups in total. The first-order chi connectivity index (χ1) is 2.81. The molecule has 0 saturated carbocycles. The molecule has 34 valence electrons. The Hall–Kier alpha value is 0.415. The third-order valence-electron chi connectivity index (χ3n) is 0.714. The van der Waals surface area contributed by atoms with Gasteiger partial charge >= 0.3 is 0 Å². The highest BCUT2D eigenvalue weighted by molar-refractivity contribution is 7.80. The highest BCUT2D eigenvalue weighted by Crippen LogP contribution is 1.99. The second-order valence-corrected chi connectivity index (χ2v) is 1.89. The Labute approximate surface area is 46.1 Å². The van der Waals surface area contributed by atoms with Crippen molar-refractivity contribution in [2.75, 3.05) is 5.75 Å². The van der Waals surface area contributed by atoms with Gasteiger partial charge in [-0.3, -0.25) is 0 Å². The van der Waals surface area contributed by atoms with Gasteiger partial charge in [0.15, 0.2) is 0 Å². The van der Waals surface area contributed by atoms with Crippen LogP contribution in [0.5, 0.6) is 0 Å². The minimum atomic E-state index is 0.577. The van der Waals surface area contributed by atoms with Gasteiger partial charge in [0.1, 0.15) is 0 Å². The molecule has 0 aromatic rings. The summed E-state index contributed by atoms with van der Waals surface area (Å²) in [5.74, 6) is 1.48. The van der Waals surface area contributed by atoms with Crippen LogP contribution in [0.1, 0.15) is 6.92 Å². The van der Waals surface area contributed by atoms with Gasteiger partial charge in [0.2, 0.25) is 0 Å². The normalized spacial score (nSPS) is 14.3. The van der Waals surface area contributed by atoms with E-state index in [2.05, 4.69) is 19.6 Å². The molecular formula is C4H9BS. The molecule has 0 aliphatic heterocycles. The first-order valence-corrected chi connectivity index (χ1v) is 2.75. The summed E-state index contributed by atoms with van der Waals surface area (Å²) in [4.78, 5) is 0. The minimum absolute atomic E-state index is 0.577. The SMILES string of the molecule is [B]CC(C)CS. The van der Waals surface area contributed by atoms with Gasteiger partial charge in [0.25, 0.3) is 0 Å². The monoisotopic (exact) mass is 100 g/mol. The summed E-state index contributed by atoms with van der Waals surface area (Å²) in [6.07, 6.45) is 0.753. The van der Waals surface area contributed by atoms with E-state index < -0.39 is 0 Å². The van der Waals surface area contributed by atoms with Crippen molar-refractivity contribution in [3.05, 3.63) is 0 Å². The standard InChI is InChI=1S/C4H9BS/c1-4(2-5)3-6/h4,6H,2-3H2,1H3. The second-order valence-electron chi connectivity index (χ2n) is 1.52. The predicted molar refractivity (Wildman–Crippen MR) is 33.6 cm³/mol. The van der Waals surface area contributed by atoms with Crippen LogP contribution < -0.4 is 0 Å². The molecule has 0 aliphatic rings. The molecule has 0 aromatic heterocycles. The van der Waals surface area contributed by atoms with Gasteiger partial charge in [0, 0.05) is 0 Å². The fourth-order valence-corrected chi connectivity index (χ4v) is 0.224. The zero-order valence-electron chi connectivity index (χ0n) is 4.02. The van der Waals surface area contributed by atoms with Gasteiger partial charge in [-0.15, -0.1) is 0 Å². The average molecular weight is 100.0 g/mol. The van der Waals surface area contributed by atoms with Gasteiger partial charge < -0.3 is 0 Å². The Balaban J connectivity index is 2.75. The van der Waals surface area contributed by atoms with Gasteiger partial charge in [0.05, 0.1) is 7.85 Å². The fraction of sp³-hybridized carbons (Fsp3) is 1.00. The fourth-order valence-electron chi connectivity index (χ4n) is 0.0745. The topological polar surface area (TPSA) is 0 Å². The van der Waals surface area contributed by atoms with Crippen LogP contribution in [-0.2, 0) is 0 Å². The van der Waals surface area contributed by atoms with Crippen LogP contribution in [0, 0.1) is 5.92 Å². The largest absolute Gasteiger partial charge is 0.179 e. The van der Waals surface area contributed by atoms with E-state index in [1.807, 2.05) is 0 Å². The Morgan fingerprint density at radius 2 is 2.33 bits per heavy atom. The van der Waals surface area contributed by atoms with E-state index in [1.165, 1.54) is 0 Å². The van der Waals surface area contributed by atoms with Gasteiger partial charge in [-0.2, -0.15) is 12.6 Å². The van der Waals surface area contributed by atoms with Gasteiger partial charge in [-0.05, 0) is 11.7 Å². The summed E-state index contributed by atoms with van der Waals surface area (Å²) in [6, 6.07) is 0. The number of hydrogen-bond donors (Lipinski definition) is 1. The maximum atomic E-state index is 5.23. The summed E-state index contributed by atoms with van der Waals surface area (Å²) in [5.41, 5.74) is 0. The highest BCUT2D eigenvalue weighted by Gasteiger charge is 1.89. The molecule has 2 heteroatoms. The van der Waals surface area contributed by atoms with Crippen molar-refractivity contribution in [1.29, 1.82) is 0 Å². The van der Waals surface area contributed by atoms with E-state index in [4.69, 9.17) is 7.85 Å². The predicted octanol–water partition coefficient (Wildman–Crippen LogP) is 1.14. The molecule has 0 bridgehead atoms. The summed E-state index contributed by atoms with van der Waals surface area (Å²) >= 11 is 4.02. The lowest BCUT2D eigenvalue weighted by molar-refractivity contribution is 0.751. The van der Waals surface area contributed by atoms with E-state index in [9.17, 15) is 0 Å². The molecule has 1 unspecified atom stereocenters. The van der Waals surface area contributed by atoms with Crippen LogP contribution in [0.4, 0.5) is 0 Å². The molecule has 0 nitrogen and oxygen atoms in total. The quantitative estimate of drug-likeness (QED) is 0.390. The molecule has 0 heterocycles. The van der Waals surface area contributed by atoms with Crippen molar-refractivity contribution in [3.63, 3.8) is 0 Å². The van der Waals surface area contributed by atoms with Crippen molar-refractivity contribution in [2.24, 2.45) is 5.92 Å². The Morgan fingerprint density at radius 1 is 1.83 bits per heavy atom. The second kappa shape index (κ2) is 3.60. The number of hydrogen-bond acceptors (Lipinski definition) is 1. The lowest BCUT2D eigenvalue weighted by Crippen LogP contribution is -1.92. The Morgan fingerprint density at radius 3 is 2.33 bits per heavy atom. The molecule has 0 rings (SSSR count). The average Bonchev–Trinajstić information content (AvgIpc) is 1.65. The van der Waals surface area contributed by atoms with Crippen molar-refractivity contribution >= 4 is 20.5 Å². The van der Waals surface area contributed by atoms with E-state index in [-0.39, 0.29) is 0 Å². The summed E-state index contributed by atoms with van der Waals surface area (Å²) < 4.78 is 0. The maximum Gasteiger partial charge on any atom is 0.0656 e. The number of rotatable bonds is 2. The van der Waals surface area contributed by atoms with Crippen LogP contribution >= 0.6 is 12.6 Å². The first kappa shape index (κ1) is 6.41. The van der Waals surface area contributed by atoms with Crippen LogP contribution in [0.15, 0.2) is 0 Å². The molecule has 0 amide bonds. The maximum absolute atomic E-state index is 5.23. The molecule has 2 radical (unpaired) electrons. The van der Waals surface area contributed by atoms with E-state index >= 15 is 0 Å². The molecule has 0 aliphatic carbocycles. The zero-order valence-corrected chi connectivity index (χ0v) is 4.91. The van der Waals surface area contributed by atoms with Gasteiger partial charge in [-0.1, -0.05) is 13.2 Å². The van der Waals surface area contributed by atoms with Gasteiger partial charge in [-0.25, -0.2) is 0 Å². The third kappa shape index (κ3) is 2.64. The molecule has 1 atom stereocenters. The van der Waals surface area contributed by atoms with Crippen LogP contribution in [0.25, 0.3) is 0 Å². The lowest BCUT2D eigenvalue weighted by Gasteiger charge is -1.98. The molecule has 0 saturated heterocycles. The Kier molecular flexibility index (Phi) is 3.85. The Bertz CT molecular complexity index is 26.7. The molecular weight excluding hydrogens is 90.9 g/mol. The summed E-state index contributed by atoms with van der Waals surface area (Å²) in [5, 5.41) is 0. The highest BCUT2D eigenvalue weighted by atomic mass is 32.1. The zero-order chi connectivity index (χ0) is 4.99. The number of thiol groups is 1. The van der Waals surface area contributed by atoms with E-state index in [0.29, 0.717) is 5.92 Å².